The molecule has 0 saturated carbocycles. The molecule has 0 radical (unpaired) electrons. The van der Waals surface area contributed by atoms with Crippen LogP contribution in [0.3, 0.4) is 0 Å². The van der Waals surface area contributed by atoms with Crippen LogP contribution in [0, 0.1) is 0 Å². The highest BCUT2D eigenvalue weighted by atomic mass is 31.2. The Bertz CT molecular complexity index is 300. The Balaban J connectivity index is 3.84. The van der Waals surface area contributed by atoms with Crippen molar-refractivity contribution in [2.75, 3.05) is 27.0 Å². The Morgan fingerprint density at radius 2 is 2.06 bits per heavy atom. The van der Waals surface area contributed by atoms with Crippen LogP contribution in [0.15, 0.2) is 12.2 Å². The van der Waals surface area contributed by atoms with E-state index in [2.05, 4.69) is 15.8 Å². The van der Waals surface area contributed by atoms with Gasteiger partial charge in [0.2, 0.25) is 0 Å². The van der Waals surface area contributed by atoms with E-state index in [1.54, 1.807) is 0 Å². The summed E-state index contributed by atoms with van der Waals surface area (Å²) in [6.07, 6.45) is -1.05. The molecule has 0 aromatic heterocycles. The zero-order chi connectivity index (χ0) is 12.8. The number of hydrogen-bond acceptors (Lipinski definition) is 6. The topological polar surface area (TPSA) is 82.1 Å². The van der Waals surface area contributed by atoms with E-state index in [1.807, 2.05) is 0 Å². The van der Waals surface area contributed by atoms with Crippen LogP contribution in [0.1, 0.15) is 6.92 Å². The monoisotopic (exact) mass is 252 g/mol. The maximum Gasteiger partial charge on any atom is 0.333 e. The van der Waals surface area contributed by atoms with E-state index < -0.39 is 19.7 Å². The van der Waals surface area contributed by atoms with Crippen molar-refractivity contribution in [3.05, 3.63) is 12.2 Å². The number of ether oxygens (including phenoxy) is 1. The number of esters is 1. The molecule has 0 amide bonds. The van der Waals surface area contributed by atoms with Crippen molar-refractivity contribution in [2.24, 2.45) is 0 Å². The zero-order valence-corrected chi connectivity index (χ0v) is 10.5. The summed E-state index contributed by atoms with van der Waals surface area (Å²) in [5.74, 6) is -0.592. The molecule has 0 aromatic carbocycles. The Labute approximate surface area is 94.7 Å². The minimum absolute atomic E-state index is 0.231. The van der Waals surface area contributed by atoms with Crippen molar-refractivity contribution in [1.82, 2.24) is 0 Å². The minimum atomic E-state index is -3.11. The van der Waals surface area contributed by atoms with E-state index in [4.69, 9.17) is 4.52 Å². The van der Waals surface area contributed by atoms with Gasteiger partial charge in [-0.1, -0.05) is 6.58 Å². The number of hydrogen-bond donors (Lipinski definition) is 1. The lowest BCUT2D eigenvalue weighted by Crippen LogP contribution is -2.23. The summed E-state index contributed by atoms with van der Waals surface area (Å²) in [7, 11) is -1.87. The second-order valence-corrected chi connectivity index (χ2v) is 5.45. The van der Waals surface area contributed by atoms with Crippen LogP contribution < -0.4 is 0 Å². The standard InChI is InChI=1S/C9H17O6P/c1-7(2)9(11)14-5-8(10)6-15-16(4,12)13-3/h8,10H,1,5-6H2,2-4H3. The fourth-order valence-electron chi connectivity index (χ4n) is 0.617. The second kappa shape index (κ2) is 6.81. The molecular formula is C9H17O6P. The molecule has 0 bridgehead atoms. The fraction of sp³-hybridized carbons (Fsp3) is 0.667. The van der Waals surface area contributed by atoms with Crippen molar-refractivity contribution in [1.29, 1.82) is 0 Å². The van der Waals surface area contributed by atoms with E-state index in [1.165, 1.54) is 20.7 Å². The Hall–Kier alpha value is -0.680. The first-order valence-electron chi connectivity index (χ1n) is 4.57. The molecule has 0 aliphatic carbocycles. The van der Waals surface area contributed by atoms with Crippen molar-refractivity contribution in [2.45, 2.75) is 13.0 Å². The van der Waals surface area contributed by atoms with Crippen LogP contribution in [-0.2, 0) is 23.1 Å². The lowest BCUT2D eigenvalue weighted by molar-refractivity contribution is -0.142. The number of carbonyl (C=O) groups excluding carboxylic acids is 1. The summed E-state index contributed by atoms with van der Waals surface area (Å²) in [6, 6.07) is 0. The van der Waals surface area contributed by atoms with Crippen molar-refractivity contribution in [3.8, 4) is 0 Å². The van der Waals surface area contributed by atoms with Gasteiger partial charge < -0.3 is 18.9 Å². The van der Waals surface area contributed by atoms with Crippen LogP contribution in [0.5, 0.6) is 0 Å². The van der Waals surface area contributed by atoms with E-state index in [0.717, 1.165) is 0 Å². The average molecular weight is 252 g/mol. The Kier molecular flexibility index (Phi) is 6.52. The van der Waals surface area contributed by atoms with Gasteiger partial charge in [-0.25, -0.2) is 4.79 Å². The highest BCUT2D eigenvalue weighted by Crippen LogP contribution is 2.42. The average Bonchev–Trinajstić information content (AvgIpc) is 2.23. The first-order valence-corrected chi connectivity index (χ1v) is 6.56. The molecule has 0 saturated heterocycles. The van der Waals surface area contributed by atoms with Gasteiger partial charge in [-0.05, 0) is 6.92 Å². The summed E-state index contributed by atoms with van der Waals surface area (Å²) >= 11 is 0. The zero-order valence-electron chi connectivity index (χ0n) is 9.63. The van der Waals surface area contributed by atoms with Gasteiger partial charge in [0.25, 0.3) is 0 Å². The van der Waals surface area contributed by atoms with E-state index >= 15 is 0 Å². The number of aliphatic hydroxyl groups excluding tert-OH is 1. The molecule has 0 heterocycles. The molecule has 2 unspecified atom stereocenters. The molecule has 94 valence electrons. The molecule has 0 spiro atoms. The van der Waals surface area contributed by atoms with Crippen LogP contribution in [0.25, 0.3) is 0 Å². The van der Waals surface area contributed by atoms with Crippen LogP contribution in [0.2, 0.25) is 0 Å². The Morgan fingerprint density at radius 3 is 2.50 bits per heavy atom. The molecule has 0 fully saturated rings. The van der Waals surface area contributed by atoms with Gasteiger partial charge in [0.1, 0.15) is 12.7 Å². The normalized spacial score (nSPS) is 16.2. The molecule has 7 heteroatoms. The molecule has 0 aliphatic heterocycles. The van der Waals surface area contributed by atoms with E-state index in [-0.39, 0.29) is 18.8 Å². The predicted molar refractivity (Wildman–Crippen MR) is 58.3 cm³/mol. The molecule has 6 nitrogen and oxygen atoms in total. The Morgan fingerprint density at radius 1 is 1.50 bits per heavy atom. The third kappa shape index (κ3) is 6.74. The van der Waals surface area contributed by atoms with Gasteiger partial charge in [0.05, 0.1) is 6.61 Å². The predicted octanol–water partition coefficient (Wildman–Crippen LogP) is 0.952. The molecule has 0 aromatic rings. The molecular weight excluding hydrogens is 235 g/mol. The summed E-state index contributed by atoms with van der Waals surface area (Å²) < 4.78 is 25.3. The van der Waals surface area contributed by atoms with Crippen molar-refractivity contribution >= 4 is 13.6 Å². The van der Waals surface area contributed by atoms with Gasteiger partial charge in [-0.2, -0.15) is 0 Å². The highest BCUT2D eigenvalue weighted by molar-refractivity contribution is 7.52. The lowest BCUT2D eigenvalue weighted by Gasteiger charge is -2.15. The molecule has 0 rings (SSSR count). The van der Waals surface area contributed by atoms with Gasteiger partial charge in [-0.3, -0.25) is 4.57 Å². The summed E-state index contributed by atoms with van der Waals surface area (Å²) in [5, 5.41) is 9.33. The largest absolute Gasteiger partial charge is 0.460 e. The van der Waals surface area contributed by atoms with Gasteiger partial charge >= 0.3 is 13.6 Å². The summed E-state index contributed by atoms with van der Waals surface area (Å²) in [4.78, 5) is 11.0. The van der Waals surface area contributed by atoms with Gasteiger partial charge in [0, 0.05) is 19.3 Å². The maximum atomic E-state index is 11.3. The highest BCUT2D eigenvalue weighted by Gasteiger charge is 2.17. The smallest absolute Gasteiger partial charge is 0.333 e. The van der Waals surface area contributed by atoms with Crippen LogP contribution >= 0.6 is 7.60 Å². The number of aliphatic hydroxyl groups is 1. The maximum absolute atomic E-state index is 11.3. The molecule has 16 heavy (non-hydrogen) atoms. The third-order valence-corrected chi connectivity index (χ3v) is 2.87. The minimum Gasteiger partial charge on any atom is -0.460 e. The molecule has 2 atom stereocenters. The van der Waals surface area contributed by atoms with Crippen molar-refractivity contribution < 1.29 is 28.3 Å². The summed E-state index contributed by atoms with van der Waals surface area (Å²) in [6.45, 7) is 5.68. The molecule has 1 N–H and O–H groups in total. The summed E-state index contributed by atoms with van der Waals surface area (Å²) in [5.41, 5.74) is 0.242. The van der Waals surface area contributed by atoms with Crippen molar-refractivity contribution in [3.63, 3.8) is 0 Å². The number of carbonyl (C=O) groups is 1. The first-order chi connectivity index (χ1) is 7.28. The first kappa shape index (κ1) is 15.3. The SMILES string of the molecule is C=C(C)C(=O)OCC(O)COP(C)(=O)OC. The van der Waals surface area contributed by atoms with Gasteiger partial charge in [-0.15, -0.1) is 0 Å². The van der Waals surface area contributed by atoms with Crippen LogP contribution in [0.4, 0.5) is 0 Å². The number of rotatable bonds is 7. The quantitative estimate of drug-likeness (QED) is 0.412. The fourth-order valence-corrected chi connectivity index (χ4v) is 1.17. The third-order valence-electron chi connectivity index (χ3n) is 1.59. The lowest BCUT2D eigenvalue weighted by atomic mass is 10.3. The van der Waals surface area contributed by atoms with E-state index in [0.29, 0.717) is 0 Å². The van der Waals surface area contributed by atoms with Crippen LogP contribution in [-0.4, -0.2) is 44.2 Å². The van der Waals surface area contributed by atoms with E-state index in [9.17, 15) is 14.5 Å². The molecule has 0 aliphatic rings. The van der Waals surface area contributed by atoms with Gasteiger partial charge in [0.15, 0.2) is 0 Å². The second-order valence-electron chi connectivity index (χ2n) is 3.28.